The molecule has 0 spiro atoms. The summed E-state index contributed by atoms with van der Waals surface area (Å²) >= 11 is 0. The molecule has 2 unspecified atom stereocenters. The van der Waals surface area contributed by atoms with Crippen molar-refractivity contribution in [3.8, 4) is 0 Å². The molecule has 16 heavy (non-hydrogen) atoms. The van der Waals surface area contributed by atoms with Crippen LogP contribution in [0.5, 0.6) is 0 Å². The molecule has 1 rings (SSSR count). The van der Waals surface area contributed by atoms with Crippen LogP contribution in [0.2, 0.25) is 0 Å². The fourth-order valence-corrected chi connectivity index (χ4v) is 1.97. The third kappa shape index (κ3) is 3.34. The summed E-state index contributed by atoms with van der Waals surface area (Å²) in [7, 11) is 0. The van der Waals surface area contributed by atoms with Crippen LogP contribution >= 0.6 is 0 Å². The average Bonchev–Trinajstić information content (AvgIpc) is 2.16. The van der Waals surface area contributed by atoms with Crippen LogP contribution in [0.4, 0.5) is 0 Å². The first kappa shape index (κ1) is 12.7. The Labute approximate surface area is 95.1 Å². The Balaban J connectivity index is 2.63. The highest BCUT2D eigenvalue weighted by Crippen LogP contribution is 2.13. The molecule has 90 valence electrons. The van der Waals surface area contributed by atoms with Gasteiger partial charge in [0, 0.05) is 25.6 Å². The number of amides is 1. The maximum absolute atomic E-state index is 11.7. The monoisotopic (exact) mass is 226 g/mol. The van der Waals surface area contributed by atoms with Crippen molar-refractivity contribution >= 4 is 11.9 Å². The number of hydrogen-bond acceptors (Lipinski definition) is 3. The van der Waals surface area contributed by atoms with Gasteiger partial charge in [0.05, 0.1) is 6.04 Å². The smallest absolute Gasteiger partial charge is 0.303 e. The summed E-state index contributed by atoms with van der Waals surface area (Å²) in [4.78, 5) is 24.2. The fourth-order valence-electron chi connectivity index (χ4n) is 1.97. The summed E-state index contributed by atoms with van der Waals surface area (Å²) in [6, 6.07) is -0.237. The molecule has 0 aliphatic carbocycles. The van der Waals surface area contributed by atoms with Crippen LogP contribution in [0, 0.1) is 0 Å². The molecule has 0 saturated carbocycles. The van der Waals surface area contributed by atoms with Crippen LogP contribution in [0.15, 0.2) is 12.7 Å². The molecule has 0 bridgehead atoms. The van der Waals surface area contributed by atoms with Crippen molar-refractivity contribution < 1.29 is 14.7 Å². The maximum atomic E-state index is 11.7. The lowest BCUT2D eigenvalue weighted by molar-refractivity contribution is -0.138. The first-order chi connectivity index (χ1) is 7.54. The van der Waals surface area contributed by atoms with Crippen LogP contribution in [-0.2, 0) is 9.59 Å². The molecule has 1 amide bonds. The molecule has 2 N–H and O–H groups in total. The Morgan fingerprint density at radius 3 is 3.00 bits per heavy atom. The Morgan fingerprint density at radius 2 is 2.44 bits per heavy atom. The second-order valence-corrected chi connectivity index (χ2v) is 4.10. The molecule has 1 aliphatic heterocycles. The number of nitrogens with one attached hydrogen (secondary N) is 1. The lowest BCUT2D eigenvalue weighted by Gasteiger charge is -2.37. The average molecular weight is 226 g/mol. The first-order valence-corrected chi connectivity index (χ1v) is 5.41. The summed E-state index contributed by atoms with van der Waals surface area (Å²) < 4.78 is 0. The number of hydrogen-bond donors (Lipinski definition) is 2. The molecule has 1 fully saturated rings. The second kappa shape index (κ2) is 5.65. The molecule has 5 nitrogen and oxygen atoms in total. The predicted octanol–water partition coefficient (Wildman–Crippen LogP) is 0.226. The largest absolute Gasteiger partial charge is 0.481 e. The van der Waals surface area contributed by atoms with Gasteiger partial charge in [-0.1, -0.05) is 6.08 Å². The Morgan fingerprint density at radius 1 is 1.75 bits per heavy atom. The number of piperazine rings is 1. The number of carbonyl (C=O) groups excluding carboxylic acids is 1. The van der Waals surface area contributed by atoms with E-state index < -0.39 is 5.97 Å². The van der Waals surface area contributed by atoms with E-state index in [1.54, 1.807) is 6.08 Å². The van der Waals surface area contributed by atoms with Gasteiger partial charge in [-0.15, -0.1) is 6.58 Å². The molecule has 0 aromatic rings. The molecular formula is C11H18N2O3. The maximum Gasteiger partial charge on any atom is 0.303 e. The topological polar surface area (TPSA) is 69.6 Å². The number of carboxylic acid groups (broad SMARTS) is 1. The highest BCUT2D eigenvalue weighted by atomic mass is 16.4. The minimum Gasteiger partial charge on any atom is -0.481 e. The highest BCUT2D eigenvalue weighted by molar-refractivity contribution is 5.83. The van der Waals surface area contributed by atoms with Crippen molar-refractivity contribution in [3.05, 3.63) is 12.7 Å². The van der Waals surface area contributed by atoms with Crippen molar-refractivity contribution in [1.29, 1.82) is 0 Å². The van der Waals surface area contributed by atoms with E-state index in [-0.39, 0.29) is 24.4 Å². The van der Waals surface area contributed by atoms with E-state index in [1.165, 1.54) is 0 Å². The minimum absolute atomic E-state index is 0.0140. The van der Waals surface area contributed by atoms with Gasteiger partial charge in [0.25, 0.3) is 0 Å². The van der Waals surface area contributed by atoms with Gasteiger partial charge in [-0.2, -0.15) is 0 Å². The second-order valence-electron chi connectivity index (χ2n) is 4.10. The summed E-state index contributed by atoms with van der Waals surface area (Å²) in [5.74, 6) is -0.952. The molecule has 5 heteroatoms. The van der Waals surface area contributed by atoms with E-state index in [1.807, 2.05) is 11.8 Å². The third-order valence-corrected chi connectivity index (χ3v) is 2.64. The molecule has 1 saturated heterocycles. The Bertz CT molecular complexity index is 291. The number of carbonyl (C=O) groups is 2. The number of aliphatic carboxylic acids is 1. The Hall–Kier alpha value is -1.36. The zero-order valence-electron chi connectivity index (χ0n) is 9.48. The molecule has 1 heterocycles. The summed E-state index contributed by atoms with van der Waals surface area (Å²) in [5, 5.41) is 11.5. The summed E-state index contributed by atoms with van der Waals surface area (Å²) in [6.07, 6.45) is 2.10. The number of nitrogens with zero attached hydrogens (tertiary/aromatic N) is 1. The zero-order chi connectivity index (χ0) is 12.1. The SMILES string of the molecule is C=CCN1CC(C)NC(=O)C1CCC(=O)O. The normalized spacial score (nSPS) is 26.2. The number of rotatable bonds is 5. The fraction of sp³-hybridized carbons (Fsp3) is 0.636. The van der Waals surface area contributed by atoms with Gasteiger partial charge in [-0.05, 0) is 13.3 Å². The van der Waals surface area contributed by atoms with Crippen molar-refractivity contribution in [3.63, 3.8) is 0 Å². The van der Waals surface area contributed by atoms with Gasteiger partial charge in [0.2, 0.25) is 5.91 Å². The van der Waals surface area contributed by atoms with Gasteiger partial charge < -0.3 is 10.4 Å². The van der Waals surface area contributed by atoms with Crippen molar-refractivity contribution in [2.75, 3.05) is 13.1 Å². The lowest BCUT2D eigenvalue weighted by Crippen LogP contribution is -2.59. The molecule has 0 aromatic heterocycles. The van der Waals surface area contributed by atoms with Gasteiger partial charge in [-0.25, -0.2) is 0 Å². The van der Waals surface area contributed by atoms with E-state index in [0.717, 1.165) is 6.54 Å². The standard InChI is InChI=1S/C11H18N2O3/c1-3-6-13-7-8(2)12-11(16)9(13)4-5-10(14)15/h3,8-9H,1,4-7H2,2H3,(H,12,16)(H,14,15). The van der Waals surface area contributed by atoms with E-state index in [0.29, 0.717) is 13.0 Å². The summed E-state index contributed by atoms with van der Waals surface area (Å²) in [6.45, 7) is 6.93. The van der Waals surface area contributed by atoms with E-state index in [9.17, 15) is 9.59 Å². The zero-order valence-corrected chi connectivity index (χ0v) is 9.48. The molecular weight excluding hydrogens is 208 g/mol. The van der Waals surface area contributed by atoms with Crippen molar-refractivity contribution in [1.82, 2.24) is 10.2 Å². The van der Waals surface area contributed by atoms with E-state index in [2.05, 4.69) is 11.9 Å². The van der Waals surface area contributed by atoms with Crippen LogP contribution < -0.4 is 5.32 Å². The molecule has 2 atom stereocenters. The number of carboxylic acids is 1. The summed E-state index contributed by atoms with van der Waals surface area (Å²) in [5.41, 5.74) is 0. The van der Waals surface area contributed by atoms with Gasteiger partial charge in [0.1, 0.15) is 0 Å². The van der Waals surface area contributed by atoms with Crippen LogP contribution in [0.3, 0.4) is 0 Å². The minimum atomic E-state index is -0.870. The highest BCUT2D eigenvalue weighted by Gasteiger charge is 2.31. The van der Waals surface area contributed by atoms with E-state index in [4.69, 9.17) is 5.11 Å². The third-order valence-electron chi connectivity index (χ3n) is 2.64. The van der Waals surface area contributed by atoms with Gasteiger partial charge in [-0.3, -0.25) is 14.5 Å². The van der Waals surface area contributed by atoms with E-state index >= 15 is 0 Å². The molecule has 1 aliphatic rings. The van der Waals surface area contributed by atoms with Crippen LogP contribution in [0.1, 0.15) is 19.8 Å². The lowest BCUT2D eigenvalue weighted by atomic mass is 10.0. The van der Waals surface area contributed by atoms with Gasteiger partial charge in [0.15, 0.2) is 0 Å². The van der Waals surface area contributed by atoms with Crippen molar-refractivity contribution in [2.24, 2.45) is 0 Å². The molecule has 0 aromatic carbocycles. The Kier molecular flexibility index (Phi) is 4.49. The first-order valence-electron chi connectivity index (χ1n) is 5.41. The quantitative estimate of drug-likeness (QED) is 0.658. The van der Waals surface area contributed by atoms with Gasteiger partial charge >= 0.3 is 5.97 Å². The molecule has 0 radical (unpaired) electrons. The van der Waals surface area contributed by atoms with Crippen LogP contribution in [-0.4, -0.2) is 47.1 Å². The van der Waals surface area contributed by atoms with Crippen LogP contribution in [0.25, 0.3) is 0 Å². The van der Waals surface area contributed by atoms with Crippen molar-refractivity contribution in [2.45, 2.75) is 31.8 Å². The predicted molar refractivity (Wildman–Crippen MR) is 60.0 cm³/mol.